The Hall–Kier alpha value is -11.7. The van der Waals surface area contributed by atoms with Crippen molar-refractivity contribution in [3.63, 3.8) is 0 Å². The van der Waals surface area contributed by atoms with Gasteiger partial charge >= 0.3 is 53.7 Å². The van der Waals surface area contributed by atoms with Gasteiger partial charge in [-0.15, -0.1) is 0 Å². The second-order valence-corrected chi connectivity index (χ2v) is 26.9. The minimum absolute atomic E-state index is 0.00198. The highest BCUT2D eigenvalue weighted by atomic mass is 35.6. The van der Waals surface area contributed by atoms with Gasteiger partial charge in [-0.2, -0.15) is 0 Å². The molecule has 0 radical (unpaired) electrons. The number of alkyl halides is 3. The van der Waals surface area contributed by atoms with Crippen molar-refractivity contribution >= 4 is 94.4 Å². The zero-order valence-electron chi connectivity index (χ0n) is 57.6. The molecule has 25 nitrogen and oxygen atoms in total. The normalized spacial score (nSPS) is 21.8. The van der Waals surface area contributed by atoms with Gasteiger partial charge in [-0.1, -0.05) is 199 Å². The van der Waals surface area contributed by atoms with E-state index in [-0.39, 0.29) is 50.1 Å². The number of esters is 9. The summed E-state index contributed by atoms with van der Waals surface area (Å²) in [5.74, 6) is -10.3. The lowest BCUT2D eigenvalue weighted by molar-refractivity contribution is -0.256. The molecule has 3 heterocycles. The Kier molecular flexibility index (Phi) is 26.2. The molecule has 14 atom stereocenters. The van der Waals surface area contributed by atoms with E-state index < -0.39 is 169 Å². The molecule has 1 unspecified atom stereocenters. The second-order valence-electron chi connectivity index (χ2n) is 24.6. The maximum Gasteiger partial charge on any atom is 0.338 e. The third-order valence-electron chi connectivity index (χ3n) is 17.2. The molecular formula is C82H66Cl3NO24. The van der Waals surface area contributed by atoms with Crippen LogP contribution in [0.1, 0.15) is 93.2 Å². The van der Waals surface area contributed by atoms with Crippen molar-refractivity contribution in [3.8, 4) is 0 Å². The summed E-state index contributed by atoms with van der Waals surface area (Å²) in [6, 6.07) is 68.3. The van der Waals surface area contributed by atoms with Crippen LogP contribution >= 0.6 is 34.8 Å². The van der Waals surface area contributed by atoms with Crippen molar-refractivity contribution < 1.29 is 114 Å². The zero-order valence-corrected chi connectivity index (χ0v) is 59.9. The highest BCUT2D eigenvalue weighted by molar-refractivity contribution is 6.76. The fourth-order valence-corrected chi connectivity index (χ4v) is 11.9. The van der Waals surface area contributed by atoms with E-state index >= 15 is 0 Å². The molecular weight excluding hydrogens is 1490 g/mol. The summed E-state index contributed by atoms with van der Waals surface area (Å²) in [5.41, 5.74) is -0.139. The van der Waals surface area contributed by atoms with Crippen molar-refractivity contribution in [3.05, 3.63) is 323 Å². The lowest BCUT2D eigenvalue weighted by Gasteiger charge is -2.32. The molecule has 9 aromatic rings. The molecule has 1 N–H and O–H groups in total. The van der Waals surface area contributed by atoms with Crippen LogP contribution in [0.2, 0.25) is 0 Å². The van der Waals surface area contributed by atoms with Crippen molar-refractivity contribution in [2.45, 2.75) is 89.8 Å². The molecule has 3 saturated heterocycles. The summed E-state index contributed by atoms with van der Waals surface area (Å²) >= 11 is 18.9. The largest absolute Gasteiger partial charge is 0.459 e. The van der Waals surface area contributed by atoms with E-state index in [1.165, 1.54) is 158 Å². The maximum absolute atomic E-state index is 14.9. The summed E-state index contributed by atoms with van der Waals surface area (Å²) in [4.78, 5) is 130. The van der Waals surface area contributed by atoms with E-state index in [2.05, 4.69) is 0 Å². The maximum atomic E-state index is 14.9. The van der Waals surface area contributed by atoms with Crippen LogP contribution in [-0.4, -0.2) is 169 Å². The molecule has 0 saturated carbocycles. The number of hydrogen-bond acceptors (Lipinski definition) is 25. The quantitative estimate of drug-likeness (QED) is 0.0156. The van der Waals surface area contributed by atoms with Crippen molar-refractivity contribution in [2.24, 2.45) is 0 Å². The fourth-order valence-electron chi connectivity index (χ4n) is 11.8. The van der Waals surface area contributed by atoms with Gasteiger partial charge in [-0.25, -0.2) is 43.2 Å². The number of benzene rings is 9. The Morgan fingerprint density at radius 3 is 0.945 bits per heavy atom. The van der Waals surface area contributed by atoms with Crippen molar-refractivity contribution in [1.82, 2.24) is 0 Å². The zero-order chi connectivity index (χ0) is 77.1. The van der Waals surface area contributed by atoms with E-state index in [0.717, 1.165) is 0 Å². The topological polar surface area (TPSA) is 316 Å². The molecule has 3 aliphatic heterocycles. The minimum Gasteiger partial charge on any atom is -0.459 e. The Labute approximate surface area is 643 Å². The monoisotopic (exact) mass is 1550 g/mol. The second kappa shape index (κ2) is 37.0. The summed E-state index contributed by atoms with van der Waals surface area (Å²) in [5, 5.41) is 8.89. The highest BCUT2D eigenvalue weighted by Gasteiger charge is 2.60. The molecule has 9 aromatic carbocycles. The van der Waals surface area contributed by atoms with Crippen molar-refractivity contribution in [1.29, 1.82) is 5.41 Å². The minimum atomic E-state index is -2.67. The third-order valence-corrected chi connectivity index (χ3v) is 17.7. The first kappa shape index (κ1) is 77.9. The molecule has 0 spiro atoms. The van der Waals surface area contributed by atoms with Gasteiger partial charge in [-0.05, 0) is 109 Å². The van der Waals surface area contributed by atoms with Gasteiger partial charge in [0.05, 0.1) is 56.7 Å². The number of ether oxygens (including phenoxy) is 15. The van der Waals surface area contributed by atoms with Gasteiger partial charge in [0.25, 0.3) is 3.79 Å². The standard InChI is InChI=1S/C82H66Cl3NO24/c83-82(84,85)81(86)110-80-68(107-77(95)57-44-26-9-27-45-57)65(104-74(92)54-38-20-6-21-39-54)62(109-80)60(101-79-66(105-75(93)55-40-22-7-23-41-55)63(102-72(90)52-34-16-4-17-35-52)59(100-79)47-97-70(88)50-30-12-2-13-31-50)48-98-78-67(106-76(94)56-42-24-8-25-43-56)64(103-73(91)53-36-18-5-19-37-53)61(108-78)58(99-71(89)51-32-14-3-15-33-51)46-96-69(87)49-28-10-1-11-29-49/h1-45,58-68,78-80,86H,46-48H2/t58-,59-,60-,61+,62+,63-,64+,65+,66+,67-,68-,78-,79-,80?/m1/s1. The first-order valence-electron chi connectivity index (χ1n) is 34.2. The first-order valence-corrected chi connectivity index (χ1v) is 35.3. The Bertz CT molecular complexity index is 4640. The molecule has 0 bridgehead atoms. The Morgan fingerprint density at radius 2 is 0.591 bits per heavy atom. The fraction of sp³-hybridized carbons (Fsp3) is 0.220. The Morgan fingerprint density at radius 1 is 0.309 bits per heavy atom. The van der Waals surface area contributed by atoms with Crippen LogP contribution in [0.25, 0.3) is 0 Å². The number of carbonyl (C=O) groups is 9. The molecule has 12 rings (SSSR count). The Balaban J connectivity index is 1.02. The van der Waals surface area contributed by atoms with Gasteiger partial charge in [0.15, 0.2) is 49.2 Å². The summed E-state index contributed by atoms with van der Waals surface area (Å²) in [6.45, 7) is -2.67. The lowest BCUT2D eigenvalue weighted by Crippen LogP contribution is -2.50. The van der Waals surface area contributed by atoms with E-state index in [0.29, 0.717) is 0 Å². The number of rotatable bonds is 28. The summed E-state index contributed by atoms with van der Waals surface area (Å²) in [7, 11) is 0. The molecule has 28 heteroatoms. The number of carbonyl (C=O) groups excluding carboxylic acids is 9. The predicted molar refractivity (Wildman–Crippen MR) is 389 cm³/mol. The number of hydrogen-bond donors (Lipinski definition) is 1. The van der Waals surface area contributed by atoms with Crippen LogP contribution < -0.4 is 0 Å². The van der Waals surface area contributed by atoms with Gasteiger partial charge in [0.2, 0.25) is 18.3 Å². The molecule has 0 aliphatic carbocycles. The van der Waals surface area contributed by atoms with Crippen LogP contribution in [0, 0.1) is 5.41 Å². The average Bonchev–Trinajstić information content (AvgIpc) is 1.63. The predicted octanol–water partition coefficient (Wildman–Crippen LogP) is 12.2. The van der Waals surface area contributed by atoms with Crippen LogP contribution in [0.3, 0.4) is 0 Å². The van der Waals surface area contributed by atoms with E-state index in [9.17, 15) is 43.2 Å². The van der Waals surface area contributed by atoms with Gasteiger partial charge in [-0.3, -0.25) is 5.41 Å². The van der Waals surface area contributed by atoms with Crippen LogP contribution in [0.15, 0.2) is 273 Å². The lowest BCUT2D eigenvalue weighted by atomic mass is 10.0. The smallest absolute Gasteiger partial charge is 0.338 e. The SMILES string of the molecule is N=C(OC1O[C@@H]([C@@H](CO[C@@H]2O[C@@H]([C@@H](COC(=O)c3ccccc3)OC(=O)c3ccccc3)[C@H](OC(=O)c3ccccc3)[C@H]2OC(=O)c2ccccc2)O[C@H]2O[C@H](COC(=O)c3ccccc3)[C@@H](OC(=O)c3ccccc3)[C@@H]2OC(=O)c2ccccc2)[C@H](OC(=O)c2ccccc2)[C@H]1OC(=O)c1ccccc1)C(Cl)(Cl)Cl. The highest BCUT2D eigenvalue weighted by Crippen LogP contribution is 2.40. The van der Waals surface area contributed by atoms with E-state index in [1.54, 1.807) is 115 Å². The number of nitrogens with one attached hydrogen (secondary N) is 1. The third kappa shape index (κ3) is 20.0. The molecule has 3 aliphatic rings. The van der Waals surface area contributed by atoms with Gasteiger partial charge in [0.1, 0.15) is 37.6 Å². The van der Waals surface area contributed by atoms with Crippen LogP contribution in [-0.2, 0) is 71.1 Å². The molecule has 564 valence electrons. The summed E-state index contributed by atoms with van der Waals surface area (Å²) < 4.78 is 93.1. The molecule has 0 amide bonds. The molecule has 110 heavy (non-hydrogen) atoms. The molecule has 3 fully saturated rings. The van der Waals surface area contributed by atoms with Crippen LogP contribution in [0.4, 0.5) is 0 Å². The van der Waals surface area contributed by atoms with Crippen molar-refractivity contribution in [2.75, 3.05) is 19.8 Å². The van der Waals surface area contributed by atoms with Gasteiger partial charge in [0, 0.05) is 0 Å². The van der Waals surface area contributed by atoms with E-state index in [4.69, 9.17) is 111 Å². The van der Waals surface area contributed by atoms with Gasteiger partial charge < -0.3 is 71.1 Å². The first-order chi connectivity index (χ1) is 53.3. The van der Waals surface area contributed by atoms with Crippen LogP contribution in [0.5, 0.6) is 0 Å². The van der Waals surface area contributed by atoms with E-state index in [1.807, 2.05) is 0 Å². The average molecular weight is 1560 g/mol. The summed E-state index contributed by atoms with van der Waals surface area (Å²) in [6.07, 6.45) is -27.6. The molecule has 0 aromatic heterocycles. The number of halogens is 3.